The zero-order chi connectivity index (χ0) is 21.0. The van der Waals surface area contributed by atoms with E-state index in [2.05, 4.69) is 21.6 Å². The maximum Gasteiger partial charge on any atom is 0.222 e. The maximum absolute atomic E-state index is 12.7. The van der Waals surface area contributed by atoms with Gasteiger partial charge >= 0.3 is 0 Å². The average molecular weight is 441 g/mol. The van der Waals surface area contributed by atoms with E-state index in [1.807, 2.05) is 12.1 Å². The molecule has 1 spiro atoms. The van der Waals surface area contributed by atoms with E-state index in [0.717, 1.165) is 67.3 Å². The summed E-state index contributed by atoms with van der Waals surface area (Å²) < 4.78 is 0. The SMILES string of the molecule is O=C1CCC[C@@H]2C[C@@]3(C[C@@H]4CCN1[C@H]24)Nc1cc(Cl)ccc1NC3=NC1CCCCC1. The van der Waals surface area contributed by atoms with Gasteiger partial charge in [-0.3, -0.25) is 9.79 Å². The molecular weight excluding hydrogens is 408 g/mol. The number of carbonyl (C=O) groups is 1. The second-order valence-corrected chi connectivity index (χ2v) is 10.9. The van der Waals surface area contributed by atoms with Crippen LogP contribution in [0.2, 0.25) is 5.02 Å². The van der Waals surface area contributed by atoms with E-state index in [9.17, 15) is 4.79 Å². The number of hydrogen-bond acceptors (Lipinski definition) is 3. The molecule has 0 radical (unpaired) electrons. The molecule has 4 fully saturated rings. The van der Waals surface area contributed by atoms with Crippen LogP contribution in [0.15, 0.2) is 23.2 Å². The van der Waals surface area contributed by atoms with Gasteiger partial charge in [0.25, 0.3) is 0 Å². The van der Waals surface area contributed by atoms with Crippen LogP contribution >= 0.6 is 11.6 Å². The minimum atomic E-state index is -0.176. The van der Waals surface area contributed by atoms with Gasteiger partial charge in [-0.15, -0.1) is 0 Å². The molecule has 1 aromatic carbocycles. The molecule has 2 saturated carbocycles. The van der Waals surface area contributed by atoms with E-state index < -0.39 is 0 Å². The number of amides is 1. The van der Waals surface area contributed by atoms with Crippen molar-refractivity contribution in [3.63, 3.8) is 0 Å². The second-order valence-electron chi connectivity index (χ2n) is 10.5. The Morgan fingerprint density at radius 2 is 1.81 bits per heavy atom. The maximum atomic E-state index is 12.7. The quantitative estimate of drug-likeness (QED) is 0.609. The Labute approximate surface area is 190 Å². The lowest BCUT2D eigenvalue weighted by molar-refractivity contribution is -0.132. The molecule has 2 aliphatic carbocycles. The smallest absolute Gasteiger partial charge is 0.222 e. The van der Waals surface area contributed by atoms with Crippen molar-refractivity contribution in [3.05, 3.63) is 23.2 Å². The molecule has 31 heavy (non-hydrogen) atoms. The number of halogens is 1. The van der Waals surface area contributed by atoms with Crippen LogP contribution < -0.4 is 10.6 Å². The summed E-state index contributed by atoms with van der Waals surface area (Å²) in [5, 5.41) is 8.48. The topological polar surface area (TPSA) is 56.7 Å². The van der Waals surface area contributed by atoms with E-state index in [1.54, 1.807) is 0 Å². The van der Waals surface area contributed by atoms with Gasteiger partial charge in [-0.25, -0.2) is 0 Å². The van der Waals surface area contributed by atoms with Crippen molar-refractivity contribution in [2.24, 2.45) is 16.8 Å². The molecule has 2 N–H and O–H groups in total. The van der Waals surface area contributed by atoms with Gasteiger partial charge < -0.3 is 15.5 Å². The minimum Gasteiger partial charge on any atom is -0.371 e. The number of benzene rings is 1. The average Bonchev–Trinajstić information content (AvgIpc) is 3.12. The minimum absolute atomic E-state index is 0.176. The summed E-state index contributed by atoms with van der Waals surface area (Å²) in [5.41, 5.74) is 1.99. The lowest BCUT2D eigenvalue weighted by Crippen LogP contribution is -2.60. The molecular formula is C25H33ClN4O. The monoisotopic (exact) mass is 440 g/mol. The van der Waals surface area contributed by atoms with Crippen LogP contribution in [0.1, 0.15) is 70.6 Å². The Kier molecular flexibility index (Phi) is 4.93. The summed E-state index contributed by atoms with van der Waals surface area (Å²) in [6, 6.07) is 6.93. The summed E-state index contributed by atoms with van der Waals surface area (Å²) in [6.07, 6.45) is 12.4. The van der Waals surface area contributed by atoms with Gasteiger partial charge in [-0.2, -0.15) is 0 Å². The van der Waals surface area contributed by atoms with Crippen LogP contribution in [-0.4, -0.2) is 40.8 Å². The third-order valence-electron chi connectivity index (χ3n) is 8.52. The number of anilines is 2. The molecule has 0 bridgehead atoms. The highest BCUT2D eigenvalue weighted by Gasteiger charge is 2.55. The summed E-state index contributed by atoms with van der Waals surface area (Å²) in [7, 11) is 0. The number of aliphatic imine (C=N–C) groups is 1. The number of hydrogen-bond donors (Lipinski definition) is 2. The number of nitrogens with one attached hydrogen (secondary N) is 2. The fourth-order valence-corrected chi connectivity index (χ4v) is 7.37. The Morgan fingerprint density at radius 3 is 2.65 bits per heavy atom. The summed E-state index contributed by atoms with van der Waals surface area (Å²) in [4.78, 5) is 20.3. The van der Waals surface area contributed by atoms with Crippen molar-refractivity contribution >= 4 is 34.7 Å². The lowest BCUT2D eigenvalue weighted by atomic mass is 9.65. The number of fused-ring (bicyclic) bond motifs is 1. The standard InChI is InChI=1S/C25H33ClN4O/c26-18-9-10-20-21(13-18)29-25(24(28-20)27-19-6-2-1-3-7-19)14-16-5-4-8-22(31)30-12-11-17(15-25)23(16)30/h9-10,13,16-17,19,23,29H,1-8,11-12,14-15H2,(H,27,28)/t16-,17+,23-,25+/m1/s1. The van der Waals surface area contributed by atoms with Crippen molar-refractivity contribution in [1.82, 2.24) is 4.90 Å². The predicted molar refractivity (Wildman–Crippen MR) is 126 cm³/mol. The van der Waals surface area contributed by atoms with Crippen LogP contribution in [-0.2, 0) is 4.79 Å². The van der Waals surface area contributed by atoms with Gasteiger partial charge in [0.15, 0.2) is 0 Å². The van der Waals surface area contributed by atoms with Crippen molar-refractivity contribution in [2.45, 2.75) is 88.3 Å². The Bertz CT molecular complexity index is 911. The second kappa shape index (κ2) is 7.68. The summed E-state index contributed by atoms with van der Waals surface area (Å²) in [6.45, 7) is 0.936. The largest absolute Gasteiger partial charge is 0.371 e. The third-order valence-corrected chi connectivity index (χ3v) is 8.76. The molecule has 2 saturated heterocycles. The van der Waals surface area contributed by atoms with Gasteiger partial charge in [0.1, 0.15) is 5.84 Å². The number of carbonyl (C=O) groups excluding carboxylic acids is 1. The van der Waals surface area contributed by atoms with E-state index in [1.165, 1.54) is 32.1 Å². The zero-order valence-electron chi connectivity index (χ0n) is 18.2. The van der Waals surface area contributed by atoms with Gasteiger partial charge in [-0.1, -0.05) is 30.9 Å². The molecule has 1 aromatic rings. The van der Waals surface area contributed by atoms with Crippen LogP contribution in [0.4, 0.5) is 11.4 Å². The van der Waals surface area contributed by atoms with Gasteiger partial charge in [0.05, 0.1) is 23.0 Å². The molecule has 5 nitrogen and oxygen atoms in total. The molecule has 5 aliphatic rings. The third kappa shape index (κ3) is 3.44. The Balaban J connectivity index is 1.40. The van der Waals surface area contributed by atoms with E-state index in [-0.39, 0.29) is 5.54 Å². The normalized spacial score (nSPS) is 36.5. The predicted octanol–water partition coefficient (Wildman–Crippen LogP) is 5.46. The molecule has 4 atom stereocenters. The molecule has 3 heterocycles. The van der Waals surface area contributed by atoms with Crippen molar-refractivity contribution in [2.75, 3.05) is 17.2 Å². The number of rotatable bonds is 1. The van der Waals surface area contributed by atoms with Gasteiger partial charge in [0.2, 0.25) is 5.91 Å². The highest BCUT2D eigenvalue weighted by molar-refractivity contribution is 6.31. The van der Waals surface area contributed by atoms with Crippen LogP contribution in [0, 0.1) is 11.8 Å². The summed E-state index contributed by atoms with van der Waals surface area (Å²) >= 11 is 6.36. The van der Waals surface area contributed by atoms with Crippen molar-refractivity contribution < 1.29 is 4.79 Å². The fourth-order valence-electron chi connectivity index (χ4n) is 7.20. The van der Waals surface area contributed by atoms with Crippen LogP contribution in [0.25, 0.3) is 0 Å². The fraction of sp³-hybridized carbons (Fsp3) is 0.680. The van der Waals surface area contributed by atoms with Crippen LogP contribution in [0.3, 0.4) is 0 Å². The first kappa shape index (κ1) is 19.9. The molecule has 0 aromatic heterocycles. The first-order chi connectivity index (χ1) is 15.1. The van der Waals surface area contributed by atoms with E-state index in [4.69, 9.17) is 16.6 Å². The number of nitrogens with zero attached hydrogens (tertiary/aromatic N) is 2. The highest BCUT2D eigenvalue weighted by atomic mass is 35.5. The zero-order valence-corrected chi connectivity index (χ0v) is 19.0. The van der Waals surface area contributed by atoms with Gasteiger partial charge in [0, 0.05) is 24.0 Å². The first-order valence-electron chi connectivity index (χ1n) is 12.3. The summed E-state index contributed by atoms with van der Waals surface area (Å²) in [5.74, 6) is 2.61. The molecule has 6 rings (SSSR count). The first-order valence-corrected chi connectivity index (χ1v) is 12.7. The molecule has 166 valence electrons. The van der Waals surface area contributed by atoms with Crippen molar-refractivity contribution in [1.29, 1.82) is 0 Å². The Hall–Kier alpha value is -1.75. The molecule has 0 unspecified atom stereocenters. The molecule has 6 heteroatoms. The van der Waals surface area contributed by atoms with E-state index >= 15 is 0 Å². The molecule has 3 aliphatic heterocycles. The van der Waals surface area contributed by atoms with Crippen LogP contribution in [0.5, 0.6) is 0 Å². The van der Waals surface area contributed by atoms with E-state index in [0.29, 0.717) is 29.8 Å². The molecule has 1 amide bonds. The lowest BCUT2D eigenvalue weighted by Gasteiger charge is -2.51. The number of amidine groups is 1. The highest BCUT2D eigenvalue weighted by Crippen LogP contribution is 2.51. The van der Waals surface area contributed by atoms with Crippen molar-refractivity contribution in [3.8, 4) is 0 Å². The Morgan fingerprint density at radius 1 is 1.00 bits per heavy atom. The van der Waals surface area contributed by atoms with Gasteiger partial charge in [-0.05, 0) is 75.0 Å².